The number of guanidine groups is 1. The first-order valence-electron chi connectivity index (χ1n) is 10.6. The maximum absolute atomic E-state index is 12.8. The Balaban J connectivity index is 3.04. The first-order chi connectivity index (χ1) is 16.9. The maximum Gasteiger partial charge on any atom is 0.327 e. The number of aliphatic imine (C=N–C) groups is 1. The summed E-state index contributed by atoms with van der Waals surface area (Å²) in [6, 6.07) is -5.23. The molecule has 0 aliphatic carbocycles. The van der Waals surface area contributed by atoms with Crippen molar-refractivity contribution in [1.29, 1.82) is 0 Å². The topological polar surface area (TPSA) is 281 Å². The average Bonchev–Trinajstić information content (AvgIpc) is 2.79. The van der Waals surface area contributed by atoms with Gasteiger partial charge < -0.3 is 48.7 Å². The van der Waals surface area contributed by atoms with E-state index in [2.05, 4.69) is 26.3 Å². The summed E-state index contributed by atoms with van der Waals surface area (Å²) in [6.45, 7) is -0.457. The zero-order chi connectivity index (χ0) is 27.3. The van der Waals surface area contributed by atoms with Crippen LogP contribution in [0, 0.1) is 0 Å². The Kier molecular flexibility index (Phi) is 13.4. The second-order valence-electron chi connectivity index (χ2n) is 7.52. The normalized spacial score (nSPS) is 25.1. The van der Waals surface area contributed by atoms with Crippen LogP contribution in [0.3, 0.4) is 0 Å². The lowest BCUT2D eigenvalue weighted by atomic mass is 10.1. The molecule has 0 aromatic rings. The fourth-order valence-electron chi connectivity index (χ4n) is 2.69. The number of carboxylic acid groups (broad SMARTS) is 2. The van der Waals surface area contributed by atoms with E-state index in [0.717, 1.165) is 21.6 Å². The van der Waals surface area contributed by atoms with Crippen LogP contribution in [0.1, 0.15) is 19.3 Å². The lowest BCUT2D eigenvalue weighted by molar-refractivity contribution is -0.143. The predicted octanol–water partition coefficient (Wildman–Crippen LogP) is -4.11. The quantitative estimate of drug-likeness (QED) is 0.0658. The summed E-state index contributed by atoms with van der Waals surface area (Å²) < 4.78 is 0. The summed E-state index contributed by atoms with van der Waals surface area (Å²) in [5, 5.41) is 27.9. The van der Waals surface area contributed by atoms with Crippen LogP contribution in [0.5, 0.6) is 0 Å². The van der Waals surface area contributed by atoms with Crippen LogP contribution in [-0.4, -0.2) is 101 Å². The van der Waals surface area contributed by atoms with E-state index in [-0.39, 0.29) is 36.9 Å². The van der Waals surface area contributed by atoms with E-state index < -0.39 is 72.7 Å². The molecule has 0 saturated carbocycles. The van der Waals surface area contributed by atoms with Crippen molar-refractivity contribution in [3.63, 3.8) is 0 Å². The van der Waals surface area contributed by atoms with Gasteiger partial charge in [-0.3, -0.25) is 24.2 Å². The molecule has 1 rings (SSSR count). The minimum Gasteiger partial charge on any atom is -0.480 e. The van der Waals surface area contributed by atoms with Crippen molar-refractivity contribution in [2.45, 2.75) is 43.4 Å². The molecule has 0 spiro atoms. The van der Waals surface area contributed by atoms with E-state index in [1.165, 1.54) is 0 Å². The third-order valence-corrected chi connectivity index (χ3v) is 7.01. The second kappa shape index (κ2) is 15.7. The molecule has 12 N–H and O–H groups in total. The molecular weight excluding hydrogens is 520 g/mol. The lowest BCUT2D eigenvalue weighted by Crippen LogP contribution is -2.54. The third-order valence-electron chi connectivity index (χ3n) is 4.56. The molecule has 1 unspecified atom stereocenters. The van der Waals surface area contributed by atoms with Crippen LogP contribution in [0.2, 0.25) is 0 Å². The van der Waals surface area contributed by atoms with Gasteiger partial charge in [0, 0.05) is 18.1 Å². The second-order valence-corrected chi connectivity index (χ2v) is 10.1. The van der Waals surface area contributed by atoms with Crippen LogP contribution >= 0.6 is 21.6 Å². The fourth-order valence-corrected chi connectivity index (χ4v) is 4.97. The highest BCUT2D eigenvalue weighted by molar-refractivity contribution is 8.76. The largest absolute Gasteiger partial charge is 0.480 e. The maximum atomic E-state index is 12.8. The summed E-state index contributed by atoms with van der Waals surface area (Å²) in [5.74, 6) is -6.30. The molecule has 0 radical (unpaired) electrons. The number of carboxylic acids is 2. The molecule has 0 bridgehead atoms. The molecule has 18 heteroatoms. The Morgan fingerprint density at radius 2 is 1.53 bits per heavy atom. The fraction of sp³-hybridized carbons (Fsp3) is 0.611. The first kappa shape index (κ1) is 30.8. The number of nitrogens with one attached hydrogen (secondary N) is 4. The number of aliphatic carboxylic acids is 2. The van der Waals surface area contributed by atoms with E-state index in [1.807, 2.05) is 0 Å². The third kappa shape index (κ3) is 11.9. The van der Waals surface area contributed by atoms with Gasteiger partial charge >= 0.3 is 11.9 Å². The molecule has 0 aromatic carbocycles. The van der Waals surface area contributed by atoms with Gasteiger partial charge in [-0.15, -0.1) is 0 Å². The number of rotatable bonds is 6. The number of carbonyl (C=O) groups excluding carboxylic acids is 4. The monoisotopic (exact) mass is 550 g/mol. The predicted molar refractivity (Wildman–Crippen MR) is 131 cm³/mol. The van der Waals surface area contributed by atoms with Crippen molar-refractivity contribution in [3.05, 3.63) is 0 Å². The molecule has 4 atom stereocenters. The van der Waals surface area contributed by atoms with Gasteiger partial charge in [0.05, 0.1) is 19.0 Å². The van der Waals surface area contributed by atoms with Crippen molar-refractivity contribution < 1.29 is 39.0 Å². The smallest absolute Gasteiger partial charge is 0.327 e. The summed E-state index contributed by atoms with van der Waals surface area (Å²) in [7, 11) is 2.07. The van der Waals surface area contributed by atoms with E-state index in [4.69, 9.17) is 17.2 Å². The van der Waals surface area contributed by atoms with Gasteiger partial charge in [0.1, 0.15) is 18.1 Å². The lowest BCUT2D eigenvalue weighted by Gasteiger charge is -2.22. The molecule has 1 heterocycles. The molecule has 1 aliphatic heterocycles. The minimum absolute atomic E-state index is 0.00120. The average molecular weight is 551 g/mol. The van der Waals surface area contributed by atoms with Crippen molar-refractivity contribution in [2.24, 2.45) is 22.2 Å². The summed E-state index contributed by atoms with van der Waals surface area (Å²) in [6.07, 6.45) is -0.340. The van der Waals surface area contributed by atoms with Crippen molar-refractivity contribution in [3.8, 4) is 0 Å². The van der Waals surface area contributed by atoms with Crippen LogP contribution in [0.4, 0.5) is 0 Å². The van der Waals surface area contributed by atoms with Crippen molar-refractivity contribution in [1.82, 2.24) is 21.3 Å². The molecule has 202 valence electrons. The number of carbonyl (C=O) groups is 6. The van der Waals surface area contributed by atoms with E-state index in [0.29, 0.717) is 0 Å². The molecule has 1 saturated heterocycles. The number of nitrogens with zero attached hydrogens (tertiary/aromatic N) is 1. The molecule has 36 heavy (non-hydrogen) atoms. The highest BCUT2D eigenvalue weighted by Crippen LogP contribution is 2.23. The first-order valence-corrected chi connectivity index (χ1v) is 13.1. The van der Waals surface area contributed by atoms with Gasteiger partial charge in [-0.2, -0.15) is 0 Å². The highest BCUT2D eigenvalue weighted by atomic mass is 33.1. The zero-order valence-corrected chi connectivity index (χ0v) is 20.7. The van der Waals surface area contributed by atoms with Crippen LogP contribution in [0.25, 0.3) is 0 Å². The number of nitrogens with two attached hydrogens (primary N) is 3. The Labute approximate surface area is 213 Å². The van der Waals surface area contributed by atoms with Gasteiger partial charge in [0.15, 0.2) is 5.96 Å². The Bertz CT molecular complexity index is 870. The summed E-state index contributed by atoms with van der Waals surface area (Å²) >= 11 is 0. The SMILES string of the molecule is NC(N)=NCCC[C@@H]1NC(=O)CNC(=O)CC(C(=O)O)NC(=O)[C@@H](N)CSSC[C@@H](C(=O)O)NC1=O. The minimum atomic E-state index is -1.59. The molecular formula is C18H30N8O8S2. The van der Waals surface area contributed by atoms with Crippen LogP contribution in [0.15, 0.2) is 4.99 Å². The van der Waals surface area contributed by atoms with Crippen molar-refractivity contribution >= 4 is 63.1 Å². The van der Waals surface area contributed by atoms with Gasteiger partial charge in [-0.25, -0.2) is 9.59 Å². The molecule has 4 amide bonds. The van der Waals surface area contributed by atoms with Crippen LogP contribution in [-0.2, 0) is 28.8 Å². The summed E-state index contributed by atoms with van der Waals surface area (Å²) in [4.78, 5) is 76.3. The van der Waals surface area contributed by atoms with E-state index in [9.17, 15) is 39.0 Å². The molecule has 16 nitrogen and oxygen atoms in total. The number of hydrogen-bond donors (Lipinski definition) is 9. The van der Waals surface area contributed by atoms with Gasteiger partial charge in [0.25, 0.3) is 0 Å². The highest BCUT2D eigenvalue weighted by Gasteiger charge is 2.29. The zero-order valence-electron chi connectivity index (χ0n) is 19.1. The Morgan fingerprint density at radius 1 is 0.917 bits per heavy atom. The molecule has 1 aliphatic rings. The Hall–Kier alpha value is -3.25. The van der Waals surface area contributed by atoms with Gasteiger partial charge in [-0.1, -0.05) is 21.6 Å². The molecule has 1 fully saturated rings. The molecule has 0 aromatic heterocycles. The van der Waals surface area contributed by atoms with Crippen LogP contribution < -0.4 is 38.5 Å². The van der Waals surface area contributed by atoms with Gasteiger partial charge in [0.2, 0.25) is 23.6 Å². The van der Waals surface area contributed by atoms with E-state index in [1.54, 1.807) is 0 Å². The van der Waals surface area contributed by atoms with Crippen molar-refractivity contribution in [2.75, 3.05) is 24.6 Å². The van der Waals surface area contributed by atoms with Gasteiger partial charge in [-0.05, 0) is 12.8 Å². The summed E-state index contributed by atoms with van der Waals surface area (Å²) in [5.41, 5.74) is 16.3. The Morgan fingerprint density at radius 3 is 2.14 bits per heavy atom. The van der Waals surface area contributed by atoms with E-state index >= 15 is 0 Å². The number of hydrogen-bond acceptors (Lipinski definition) is 10. The number of amides is 4. The standard InChI is InChI=1S/C18H30N8O8S2/c19-8-6-35-36-7-11(17(33)34)26-15(30)9(2-1-3-22-18(20)21)24-13(28)5-23-12(27)4-10(16(31)32)25-14(8)29/h8-11H,1-7,19H2,(H,23,27)(H,24,28)(H,25,29)(H,26,30)(H,31,32)(H,33,34)(H4,20,21,22)/t8-,9-,10?,11-/m0/s1.